The second-order valence-corrected chi connectivity index (χ2v) is 9.42. The van der Waals surface area contributed by atoms with Gasteiger partial charge in [-0.2, -0.15) is 0 Å². The molecule has 0 aliphatic rings. The first-order chi connectivity index (χ1) is 14.6. The summed E-state index contributed by atoms with van der Waals surface area (Å²) in [4.78, 5) is 16.8. The van der Waals surface area contributed by atoms with Crippen LogP contribution in [0.5, 0.6) is 0 Å². The second kappa shape index (κ2) is 9.59. The van der Waals surface area contributed by atoms with E-state index >= 15 is 0 Å². The third kappa shape index (κ3) is 5.00. The van der Waals surface area contributed by atoms with Crippen LogP contribution in [0.2, 0.25) is 0 Å². The van der Waals surface area contributed by atoms with Crippen LogP contribution in [0, 0.1) is 5.82 Å². The minimum atomic E-state index is -0.388. The summed E-state index contributed by atoms with van der Waals surface area (Å²) in [5.41, 5.74) is 1.44. The van der Waals surface area contributed by atoms with Gasteiger partial charge in [0.05, 0.1) is 21.7 Å². The first-order valence-corrected chi connectivity index (χ1v) is 12.0. The number of nitrogens with one attached hydrogen (secondary N) is 1. The molecule has 0 radical (unpaired) electrons. The summed E-state index contributed by atoms with van der Waals surface area (Å²) in [6.45, 7) is 2.72. The zero-order valence-electron chi connectivity index (χ0n) is 16.0. The molecule has 0 saturated heterocycles. The number of para-hydroxylation sites is 1. The van der Waals surface area contributed by atoms with Crippen LogP contribution in [-0.4, -0.2) is 31.4 Å². The molecule has 4 aromatic rings. The van der Waals surface area contributed by atoms with Crippen LogP contribution in [0.1, 0.15) is 12.7 Å². The van der Waals surface area contributed by atoms with Gasteiger partial charge in [-0.05, 0) is 37.3 Å². The number of nitrogens with zero attached hydrogens (tertiary/aromatic N) is 4. The van der Waals surface area contributed by atoms with Crippen LogP contribution in [0.4, 0.5) is 10.1 Å². The van der Waals surface area contributed by atoms with Crippen molar-refractivity contribution in [3.05, 3.63) is 60.2 Å². The van der Waals surface area contributed by atoms with E-state index in [2.05, 4.69) is 26.6 Å². The lowest BCUT2D eigenvalue weighted by atomic mass is 10.3. The third-order valence-electron chi connectivity index (χ3n) is 4.15. The first-order valence-electron chi connectivity index (χ1n) is 9.21. The zero-order valence-corrected chi connectivity index (χ0v) is 18.5. The number of fused-ring (bicyclic) bond motifs is 1. The van der Waals surface area contributed by atoms with Gasteiger partial charge in [0, 0.05) is 12.2 Å². The van der Waals surface area contributed by atoms with Gasteiger partial charge in [0.15, 0.2) is 9.50 Å². The molecule has 10 heteroatoms. The Hall–Kier alpha value is -2.43. The average Bonchev–Trinajstić information content (AvgIpc) is 3.33. The monoisotopic (exact) mass is 459 g/mol. The molecular weight excluding hydrogens is 441 g/mol. The number of halogens is 1. The van der Waals surface area contributed by atoms with Crippen molar-refractivity contribution >= 4 is 56.7 Å². The normalized spacial score (nSPS) is 11.1. The van der Waals surface area contributed by atoms with Gasteiger partial charge < -0.3 is 9.88 Å². The lowest BCUT2D eigenvalue weighted by molar-refractivity contribution is -0.113. The molecule has 2 aromatic heterocycles. The van der Waals surface area contributed by atoms with Gasteiger partial charge in [0.2, 0.25) is 5.91 Å². The fourth-order valence-electron chi connectivity index (χ4n) is 2.78. The topological polar surface area (TPSA) is 72.7 Å². The van der Waals surface area contributed by atoms with Crippen molar-refractivity contribution in [2.24, 2.45) is 0 Å². The maximum atomic E-state index is 13.2. The summed E-state index contributed by atoms with van der Waals surface area (Å²) >= 11 is 4.60. The summed E-state index contributed by atoms with van der Waals surface area (Å²) in [5, 5.41) is 11.9. The van der Waals surface area contributed by atoms with Crippen LogP contribution < -0.4 is 5.32 Å². The van der Waals surface area contributed by atoms with Crippen LogP contribution in [0.15, 0.2) is 58.0 Å². The fraction of sp³-hybridized carbons (Fsp3) is 0.200. The predicted octanol–water partition coefficient (Wildman–Crippen LogP) is 5.07. The van der Waals surface area contributed by atoms with E-state index in [1.165, 1.54) is 23.9 Å². The van der Waals surface area contributed by atoms with E-state index in [9.17, 15) is 9.18 Å². The number of benzene rings is 2. The lowest BCUT2D eigenvalue weighted by Crippen LogP contribution is -2.14. The van der Waals surface area contributed by atoms with E-state index in [1.807, 2.05) is 29.7 Å². The highest BCUT2D eigenvalue weighted by atomic mass is 32.2. The third-order valence-corrected chi connectivity index (χ3v) is 7.29. The Morgan fingerprint density at radius 3 is 2.83 bits per heavy atom. The number of amides is 1. The predicted molar refractivity (Wildman–Crippen MR) is 121 cm³/mol. The summed E-state index contributed by atoms with van der Waals surface area (Å²) < 4.78 is 17.4. The van der Waals surface area contributed by atoms with Crippen molar-refractivity contribution in [2.45, 2.75) is 28.7 Å². The van der Waals surface area contributed by atoms with Crippen molar-refractivity contribution in [2.75, 3.05) is 11.1 Å². The highest BCUT2D eigenvalue weighted by Gasteiger charge is 2.14. The molecule has 0 bridgehead atoms. The Labute approximate surface area is 185 Å². The van der Waals surface area contributed by atoms with Gasteiger partial charge in [-0.1, -0.05) is 41.7 Å². The molecule has 0 atom stereocenters. The maximum Gasteiger partial charge on any atom is 0.234 e. The van der Waals surface area contributed by atoms with E-state index < -0.39 is 0 Å². The Morgan fingerprint density at radius 2 is 2.03 bits per heavy atom. The number of thiazole rings is 1. The largest absolute Gasteiger partial charge is 0.325 e. The van der Waals surface area contributed by atoms with E-state index in [4.69, 9.17) is 0 Å². The summed E-state index contributed by atoms with van der Waals surface area (Å²) in [6.07, 6.45) is 0. The number of thioether (sulfide) groups is 2. The highest BCUT2D eigenvalue weighted by molar-refractivity contribution is 8.00. The molecule has 154 valence electrons. The van der Waals surface area contributed by atoms with E-state index in [0.29, 0.717) is 23.1 Å². The van der Waals surface area contributed by atoms with Crippen molar-refractivity contribution in [1.29, 1.82) is 0 Å². The van der Waals surface area contributed by atoms with E-state index in [1.54, 1.807) is 35.2 Å². The average molecular weight is 460 g/mol. The second-order valence-electron chi connectivity index (χ2n) is 6.23. The number of carbonyl (C=O) groups excluding carboxylic acids is 1. The van der Waals surface area contributed by atoms with Crippen molar-refractivity contribution in [1.82, 2.24) is 19.7 Å². The van der Waals surface area contributed by atoms with E-state index in [-0.39, 0.29) is 17.5 Å². The summed E-state index contributed by atoms with van der Waals surface area (Å²) in [7, 11) is 0. The molecule has 0 aliphatic carbocycles. The van der Waals surface area contributed by atoms with E-state index in [0.717, 1.165) is 20.4 Å². The van der Waals surface area contributed by atoms with Crippen molar-refractivity contribution < 1.29 is 9.18 Å². The number of hydrogen-bond donors (Lipinski definition) is 1. The summed E-state index contributed by atoms with van der Waals surface area (Å²) in [6, 6.07) is 13.9. The molecule has 0 saturated carbocycles. The molecule has 4 rings (SSSR count). The van der Waals surface area contributed by atoms with Crippen LogP contribution in [-0.2, 0) is 17.1 Å². The van der Waals surface area contributed by atoms with Gasteiger partial charge in [-0.3, -0.25) is 4.79 Å². The molecule has 0 aliphatic heterocycles. The molecule has 2 heterocycles. The zero-order chi connectivity index (χ0) is 20.9. The number of hydrogen-bond acceptors (Lipinski definition) is 7. The van der Waals surface area contributed by atoms with Crippen molar-refractivity contribution in [3.8, 4) is 0 Å². The van der Waals surface area contributed by atoms with Gasteiger partial charge >= 0.3 is 0 Å². The highest BCUT2D eigenvalue weighted by Crippen LogP contribution is 2.31. The molecule has 6 nitrogen and oxygen atoms in total. The van der Waals surface area contributed by atoms with Gasteiger partial charge in [-0.15, -0.1) is 21.5 Å². The molecule has 0 fully saturated rings. The van der Waals surface area contributed by atoms with Crippen molar-refractivity contribution in [3.63, 3.8) is 0 Å². The van der Waals surface area contributed by atoms with Crippen LogP contribution in [0.25, 0.3) is 10.2 Å². The Balaban J connectivity index is 1.36. The molecule has 0 spiro atoms. The Bertz CT molecular complexity index is 1140. The number of carbonyl (C=O) groups is 1. The fourth-order valence-corrected chi connectivity index (χ4v) is 5.61. The minimum Gasteiger partial charge on any atom is -0.325 e. The number of anilines is 1. The lowest BCUT2D eigenvalue weighted by Gasteiger charge is -2.07. The Morgan fingerprint density at radius 1 is 1.17 bits per heavy atom. The quantitative estimate of drug-likeness (QED) is 0.371. The molecule has 1 amide bonds. The standard InChI is InChI=1S/C20H18FN5OS3/c1-2-26-17(11-29-20-23-15-8-3-4-9-16(15)30-20)24-25-19(26)28-12-18(27)22-14-7-5-6-13(21)10-14/h3-10H,2,11-12H2,1H3,(H,22,27). The molecule has 2 aromatic carbocycles. The number of rotatable bonds is 8. The first kappa shape index (κ1) is 20.8. The van der Waals surface area contributed by atoms with Gasteiger partial charge in [0.1, 0.15) is 11.6 Å². The maximum absolute atomic E-state index is 13.2. The van der Waals surface area contributed by atoms with Gasteiger partial charge in [0.25, 0.3) is 0 Å². The minimum absolute atomic E-state index is 0.166. The molecule has 1 N–H and O–H groups in total. The Kier molecular flexibility index (Phi) is 6.66. The number of aromatic nitrogens is 4. The summed E-state index contributed by atoms with van der Waals surface area (Å²) in [5.74, 6) is 1.05. The van der Waals surface area contributed by atoms with Gasteiger partial charge in [-0.25, -0.2) is 9.37 Å². The SMILES string of the molecule is CCn1c(CSc2nc3ccccc3s2)nnc1SCC(=O)Nc1cccc(F)c1. The molecule has 30 heavy (non-hydrogen) atoms. The smallest absolute Gasteiger partial charge is 0.234 e. The van der Waals surface area contributed by atoms with Crippen LogP contribution >= 0.6 is 34.9 Å². The van der Waals surface area contributed by atoms with Crippen LogP contribution in [0.3, 0.4) is 0 Å². The molecular formula is C20H18FN5OS3. The molecule has 0 unspecified atom stereocenters.